The number of aromatic nitrogens is 2. The van der Waals surface area contributed by atoms with Gasteiger partial charge in [0, 0.05) is 5.92 Å². The van der Waals surface area contributed by atoms with Crippen LogP contribution in [0.5, 0.6) is 0 Å². The van der Waals surface area contributed by atoms with Gasteiger partial charge in [-0.2, -0.15) is 4.57 Å². The van der Waals surface area contributed by atoms with Crippen LogP contribution in [-0.2, 0) is 7.05 Å². The molecule has 1 heterocycles. The van der Waals surface area contributed by atoms with Crippen LogP contribution in [0.3, 0.4) is 0 Å². The summed E-state index contributed by atoms with van der Waals surface area (Å²) < 4.78 is 4.91. The second-order valence-electron chi connectivity index (χ2n) is 13.1. The van der Waals surface area contributed by atoms with Gasteiger partial charge in [-0.05, 0) is 78.7 Å². The van der Waals surface area contributed by atoms with E-state index in [0.29, 0.717) is 17.8 Å². The number of allylic oxidation sites excluding steroid dienone is 4. The first kappa shape index (κ1) is 28.7. The Hall–Kier alpha value is -2.87. The van der Waals surface area contributed by atoms with Crippen molar-refractivity contribution in [1.29, 1.82) is 0 Å². The van der Waals surface area contributed by atoms with Gasteiger partial charge in [-0.25, -0.2) is 4.57 Å². The average molecular weight is 536 g/mol. The Kier molecular flexibility index (Phi) is 9.79. The molecule has 0 aliphatic heterocycles. The zero-order valence-electron chi connectivity index (χ0n) is 25.5. The lowest BCUT2D eigenvalue weighted by Crippen LogP contribution is -2.30. The third-order valence-corrected chi connectivity index (χ3v) is 9.04. The van der Waals surface area contributed by atoms with Gasteiger partial charge >= 0.3 is 0 Å². The number of imidazole rings is 1. The third-order valence-electron chi connectivity index (χ3n) is 9.04. The van der Waals surface area contributed by atoms with E-state index in [-0.39, 0.29) is 0 Å². The minimum Gasteiger partial charge on any atom is -0.232 e. The van der Waals surface area contributed by atoms with Gasteiger partial charge in [0.1, 0.15) is 18.1 Å². The van der Waals surface area contributed by atoms with Crippen LogP contribution in [0.4, 0.5) is 0 Å². The summed E-state index contributed by atoms with van der Waals surface area (Å²) in [5, 5.41) is 0. The molecule has 1 unspecified atom stereocenters. The molecule has 3 aliphatic carbocycles. The number of aryl methyl sites for hydroxylation is 1. The van der Waals surface area contributed by atoms with Crippen LogP contribution in [0, 0.1) is 17.8 Å². The molecule has 2 saturated carbocycles. The number of hydrogen-bond acceptors (Lipinski definition) is 0. The van der Waals surface area contributed by atoms with E-state index >= 15 is 0 Å². The molecule has 2 nitrogen and oxygen atoms in total. The summed E-state index contributed by atoms with van der Waals surface area (Å²) in [6.45, 7) is 6.50. The van der Waals surface area contributed by atoms with Crippen LogP contribution in [0.2, 0.25) is 0 Å². The average Bonchev–Trinajstić information content (AvgIpc) is 3.38. The number of rotatable bonds is 5. The molecule has 3 aromatic rings. The molecule has 2 heteroatoms. The number of hydrogen-bond donors (Lipinski definition) is 0. The quantitative estimate of drug-likeness (QED) is 0.287. The molecule has 0 spiro atoms. The van der Waals surface area contributed by atoms with E-state index in [2.05, 4.69) is 116 Å². The molecule has 40 heavy (non-hydrogen) atoms. The Bertz CT molecular complexity index is 1260. The summed E-state index contributed by atoms with van der Waals surface area (Å²) in [5.74, 6) is 4.02. The molecule has 1 aromatic heterocycles. The summed E-state index contributed by atoms with van der Waals surface area (Å²) in [5.41, 5.74) is 7.72. The third kappa shape index (κ3) is 6.70. The molecule has 2 fully saturated rings. The normalized spacial score (nSPS) is 20.7. The monoisotopic (exact) mass is 535 g/mol. The highest BCUT2D eigenvalue weighted by atomic mass is 15.1. The molecule has 6 rings (SSSR count). The van der Waals surface area contributed by atoms with Crippen molar-refractivity contribution in [2.24, 2.45) is 24.8 Å². The molecule has 0 amide bonds. The maximum Gasteiger partial charge on any atom is 0.293 e. The highest BCUT2D eigenvalue weighted by molar-refractivity contribution is 5.75. The molecule has 0 N–H and O–H groups in total. The Morgan fingerprint density at radius 3 is 1.88 bits per heavy atom. The molecule has 0 bridgehead atoms. The lowest BCUT2D eigenvalue weighted by molar-refractivity contribution is -0.659. The van der Waals surface area contributed by atoms with Crippen molar-refractivity contribution in [1.82, 2.24) is 4.57 Å². The minimum atomic E-state index is 0.494. The fourth-order valence-electron chi connectivity index (χ4n) is 7.22. The van der Waals surface area contributed by atoms with E-state index in [0.717, 1.165) is 12.3 Å². The van der Waals surface area contributed by atoms with Gasteiger partial charge in [0.15, 0.2) is 0 Å². The molecule has 3 aliphatic rings. The van der Waals surface area contributed by atoms with Crippen LogP contribution in [-0.4, -0.2) is 4.57 Å². The van der Waals surface area contributed by atoms with E-state index < -0.39 is 0 Å². The molecule has 212 valence electrons. The second kappa shape index (κ2) is 13.7. The standard InChI is InChI=1S/C34H41N2.C4H10/c1-35-22-23-36(34(35)29-20-12-5-13-21-29)33-31(27-16-8-3-9-17-27)24-30(26-14-6-2-7-15-26)25-32(33)28-18-10-4-11-19-28;1-4(2)3/h2,5-7,12-15,20-24,27-28,30H,3-4,8-11,16-19,25H2,1H3;4H,1-3H3/q+1;. The van der Waals surface area contributed by atoms with Crippen molar-refractivity contribution in [3.05, 3.63) is 95.8 Å². The predicted molar refractivity (Wildman–Crippen MR) is 170 cm³/mol. The minimum absolute atomic E-state index is 0.494. The molecule has 0 saturated heterocycles. The van der Waals surface area contributed by atoms with Crippen molar-refractivity contribution >= 4 is 5.70 Å². The van der Waals surface area contributed by atoms with Gasteiger partial charge < -0.3 is 0 Å². The first-order valence-corrected chi connectivity index (χ1v) is 16.2. The van der Waals surface area contributed by atoms with Crippen LogP contribution in [0.25, 0.3) is 17.1 Å². The SMILES string of the molecule is CC(C)C.C[n+]1ccn(C2=C(C3CCCCC3)CC(c3ccccc3)C=C2C2CCCCC2)c1-c1ccccc1. The summed E-state index contributed by atoms with van der Waals surface area (Å²) in [6, 6.07) is 22.3. The van der Waals surface area contributed by atoms with Gasteiger partial charge in [-0.3, -0.25) is 0 Å². The van der Waals surface area contributed by atoms with Crippen LogP contribution in [0.15, 0.2) is 90.3 Å². The van der Waals surface area contributed by atoms with E-state index in [9.17, 15) is 0 Å². The van der Waals surface area contributed by atoms with E-state index in [1.165, 1.54) is 81.2 Å². The summed E-state index contributed by atoms with van der Waals surface area (Å²) in [4.78, 5) is 0. The Morgan fingerprint density at radius 1 is 0.725 bits per heavy atom. The molecular weight excluding hydrogens is 484 g/mol. The van der Waals surface area contributed by atoms with Gasteiger partial charge in [0.2, 0.25) is 0 Å². The van der Waals surface area contributed by atoms with Gasteiger partial charge in [0.05, 0.1) is 12.6 Å². The van der Waals surface area contributed by atoms with Crippen LogP contribution < -0.4 is 4.57 Å². The largest absolute Gasteiger partial charge is 0.293 e. The zero-order chi connectivity index (χ0) is 27.9. The lowest BCUT2D eigenvalue weighted by Gasteiger charge is -2.35. The van der Waals surface area contributed by atoms with Crippen molar-refractivity contribution in [3.63, 3.8) is 0 Å². The van der Waals surface area contributed by atoms with Gasteiger partial charge in [-0.1, -0.05) is 114 Å². The first-order valence-electron chi connectivity index (χ1n) is 16.2. The lowest BCUT2D eigenvalue weighted by atomic mass is 9.70. The summed E-state index contributed by atoms with van der Waals surface area (Å²) in [6.07, 6.45) is 22.1. The van der Waals surface area contributed by atoms with Crippen LogP contribution in [0.1, 0.15) is 103 Å². The van der Waals surface area contributed by atoms with Gasteiger partial charge in [-0.15, -0.1) is 0 Å². The fourth-order valence-corrected chi connectivity index (χ4v) is 7.22. The van der Waals surface area contributed by atoms with E-state index in [1.54, 1.807) is 16.8 Å². The maximum atomic E-state index is 2.70. The zero-order valence-corrected chi connectivity index (χ0v) is 25.5. The Morgan fingerprint density at radius 2 is 1.27 bits per heavy atom. The second-order valence-corrected chi connectivity index (χ2v) is 13.1. The smallest absolute Gasteiger partial charge is 0.232 e. The number of nitrogens with zero attached hydrogens (tertiary/aromatic N) is 2. The van der Waals surface area contributed by atoms with Gasteiger partial charge in [0.25, 0.3) is 5.82 Å². The topological polar surface area (TPSA) is 8.81 Å². The molecule has 2 aromatic carbocycles. The summed E-state index contributed by atoms with van der Waals surface area (Å²) >= 11 is 0. The van der Waals surface area contributed by atoms with Crippen molar-refractivity contribution in [3.8, 4) is 11.4 Å². The predicted octanol–water partition coefficient (Wildman–Crippen LogP) is 10.1. The highest BCUT2D eigenvalue weighted by Crippen LogP contribution is 2.49. The van der Waals surface area contributed by atoms with Crippen molar-refractivity contribution in [2.75, 3.05) is 0 Å². The summed E-state index contributed by atoms with van der Waals surface area (Å²) in [7, 11) is 2.21. The Labute approximate surface area is 243 Å². The fraction of sp³-hybridized carbons (Fsp3) is 0.500. The van der Waals surface area contributed by atoms with Crippen molar-refractivity contribution < 1.29 is 4.57 Å². The van der Waals surface area contributed by atoms with E-state index in [4.69, 9.17) is 0 Å². The molecule has 1 atom stereocenters. The number of benzene rings is 2. The Balaban J connectivity index is 0.000000758. The van der Waals surface area contributed by atoms with Crippen molar-refractivity contribution in [2.45, 2.75) is 97.3 Å². The molecule has 0 radical (unpaired) electrons. The van der Waals surface area contributed by atoms with E-state index in [1.807, 2.05) is 0 Å². The maximum absolute atomic E-state index is 2.70. The van der Waals surface area contributed by atoms with Crippen LogP contribution >= 0.6 is 0 Å². The highest BCUT2D eigenvalue weighted by Gasteiger charge is 2.37. The first-order chi connectivity index (χ1) is 19.5. The molecular formula is C38H51N2+.